The molecule has 0 aromatic carbocycles. The summed E-state index contributed by atoms with van der Waals surface area (Å²) < 4.78 is 114. The number of hydrogen-bond acceptors (Lipinski definition) is 0. The maximum Gasteiger partial charge on any atom is 0.460 e. The van der Waals surface area contributed by atoms with Crippen molar-refractivity contribution in [2.75, 3.05) is 0 Å². The van der Waals surface area contributed by atoms with Gasteiger partial charge < -0.3 is 0 Å². The molecular weight excluding hydrogens is 315 g/mol. The Kier molecular flexibility index (Phi) is 6.20. The van der Waals surface area contributed by atoms with Crippen LogP contribution < -0.4 is 0 Å². The smallest absolute Gasteiger partial charge is 0.194 e. The van der Waals surface area contributed by atoms with Crippen LogP contribution in [0.1, 0.15) is 39.0 Å². The van der Waals surface area contributed by atoms with Gasteiger partial charge in [-0.1, -0.05) is 32.8 Å². The minimum atomic E-state index is -6.85. The molecule has 0 amide bonds. The van der Waals surface area contributed by atoms with Crippen LogP contribution in [0.15, 0.2) is 12.2 Å². The predicted molar refractivity (Wildman–Crippen MR) is 58.8 cm³/mol. The third-order valence-electron chi connectivity index (χ3n) is 2.92. The Morgan fingerprint density at radius 2 is 1.24 bits per heavy atom. The predicted octanol–water partition coefficient (Wildman–Crippen LogP) is 5.98. The summed E-state index contributed by atoms with van der Waals surface area (Å²) in [6.07, 6.45) is -5.94. The van der Waals surface area contributed by atoms with E-state index >= 15 is 0 Å². The van der Waals surface area contributed by atoms with Crippen molar-refractivity contribution in [2.45, 2.75) is 63.0 Å². The lowest BCUT2D eigenvalue weighted by molar-refractivity contribution is -0.390. The molecule has 0 saturated heterocycles. The summed E-state index contributed by atoms with van der Waals surface area (Å²) in [5.74, 6) is -19.1. The van der Waals surface area contributed by atoms with Gasteiger partial charge in [0.2, 0.25) is 0 Å². The lowest BCUT2D eigenvalue weighted by Crippen LogP contribution is -2.61. The molecule has 0 atom stereocenters. The molecule has 0 unspecified atom stereocenters. The highest BCUT2D eigenvalue weighted by atomic mass is 19.4. The van der Waals surface area contributed by atoms with Gasteiger partial charge in [0, 0.05) is 0 Å². The fourth-order valence-electron chi connectivity index (χ4n) is 1.52. The number of hydrogen-bond donors (Lipinski definition) is 0. The van der Waals surface area contributed by atoms with Crippen molar-refractivity contribution in [3.05, 3.63) is 12.2 Å². The maximum absolute atomic E-state index is 13.3. The van der Waals surface area contributed by atoms with Gasteiger partial charge in [0.05, 0.1) is 0 Å². The molecule has 0 fully saturated rings. The summed E-state index contributed by atoms with van der Waals surface area (Å²) in [6, 6.07) is 0. The minimum Gasteiger partial charge on any atom is -0.194 e. The Bertz CT molecular complexity index is 354. The lowest BCUT2D eigenvalue weighted by Gasteiger charge is -2.34. The Balaban J connectivity index is 5.15. The molecule has 0 spiro atoms. The van der Waals surface area contributed by atoms with Crippen LogP contribution in [0.3, 0.4) is 0 Å². The summed E-state index contributed by atoms with van der Waals surface area (Å²) in [6.45, 7) is 4.33. The van der Waals surface area contributed by atoms with Crippen LogP contribution in [-0.4, -0.2) is 23.9 Å². The van der Waals surface area contributed by atoms with Crippen molar-refractivity contribution in [1.82, 2.24) is 0 Å². The molecule has 0 rings (SSSR count). The van der Waals surface area contributed by atoms with Gasteiger partial charge in [0.15, 0.2) is 0 Å². The van der Waals surface area contributed by atoms with Crippen LogP contribution in [0.2, 0.25) is 0 Å². The molecule has 21 heavy (non-hydrogen) atoms. The second kappa shape index (κ2) is 6.48. The lowest BCUT2D eigenvalue weighted by atomic mass is 9.94. The standard InChI is InChI=1S/C12H15F9/c1-3-4-5-6-7-8(2)9(13,14)10(15,16)11(17,18)12(19,20)21/h2-7H2,1H3. The second-order valence-corrected chi connectivity index (χ2v) is 4.64. The van der Waals surface area contributed by atoms with Gasteiger partial charge in [-0.05, 0) is 18.4 Å². The molecule has 9 heteroatoms. The average molecular weight is 330 g/mol. The maximum atomic E-state index is 13.3. The fraction of sp³-hybridized carbons (Fsp3) is 0.833. The summed E-state index contributed by atoms with van der Waals surface area (Å²) in [7, 11) is 0. The van der Waals surface area contributed by atoms with E-state index in [1.165, 1.54) is 0 Å². The highest BCUT2D eigenvalue weighted by molar-refractivity contribution is 5.17. The highest BCUT2D eigenvalue weighted by Crippen LogP contribution is 2.55. The molecule has 0 radical (unpaired) electrons. The van der Waals surface area contributed by atoms with Crippen molar-refractivity contribution >= 4 is 0 Å². The second-order valence-electron chi connectivity index (χ2n) is 4.64. The van der Waals surface area contributed by atoms with E-state index < -0.39 is 35.9 Å². The first kappa shape index (κ1) is 20.1. The molecule has 0 aromatic heterocycles. The van der Waals surface area contributed by atoms with E-state index in [0.29, 0.717) is 19.3 Å². The largest absolute Gasteiger partial charge is 0.460 e. The van der Waals surface area contributed by atoms with Gasteiger partial charge in [-0.3, -0.25) is 0 Å². The van der Waals surface area contributed by atoms with E-state index in [1.54, 1.807) is 6.92 Å². The Morgan fingerprint density at radius 3 is 1.62 bits per heavy atom. The van der Waals surface area contributed by atoms with Crippen LogP contribution in [0.4, 0.5) is 39.5 Å². The van der Waals surface area contributed by atoms with E-state index in [0.717, 1.165) is 0 Å². The van der Waals surface area contributed by atoms with Crippen LogP contribution in [0, 0.1) is 0 Å². The molecule has 0 nitrogen and oxygen atoms in total. The zero-order valence-corrected chi connectivity index (χ0v) is 11.1. The van der Waals surface area contributed by atoms with Gasteiger partial charge in [0.25, 0.3) is 0 Å². The average Bonchev–Trinajstić information content (AvgIpc) is 2.32. The van der Waals surface area contributed by atoms with Crippen molar-refractivity contribution in [2.24, 2.45) is 0 Å². The third kappa shape index (κ3) is 3.85. The first-order chi connectivity index (χ1) is 9.23. The van der Waals surface area contributed by atoms with E-state index in [9.17, 15) is 39.5 Å². The van der Waals surface area contributed by atoms with Gasteiger partial charge in [-0.2, -0.15) is 39.5 Å². The first-order valence-corrected chi connectivity index (χ1v) is 6.12. The molecule has 0 aromatic rings. The van der Waals surface area contributed by atoms with E-state index in [2.05, 4.69) is 6.58 Å². The van der Waals surface area contributed by atoms with E-state index in [4.69, 9.17) is 0 Å². The molecule has 0 bridgehead atoms. The number of unbranched alkanes of at least 4 members (excludes halogenated alkanes) is 3. The van der Waals surface area contributed by atoms with Crippen molar-refractivity contribution in [3.63, 3.8) is 0 Å². The normalized spacial score (nSPS) is 14.4. The van der Waals surface area contributed by atoms with E-state index in [-0.39, 0.29) is 6.42 Å². The van der Waals surface area contributed by atoms with E-state index in [1.807, 2.05) is 0 Å². The fourth-order valence-corrected chi connectivity index (χ4v) is 1.52. The first-order valence-electron chi connectivity index (χ1n) is 6.12. The molecule has 126 valence electrons. The van der Waals surface area contributed by atoms with Crippen LogP contribution in [0.25, 0.3) is 0 Å². The van der Waals surface area contributed by atoms with Gasteiger partial charge in [-0.15, -0.1) is 0 Å². The minimum absolute atomic E-state index is 0.0457. The summed E-state index contributed by atoms with van der Waals surface area (Å²) in [4.78, 5) is 0. The zero-order valence-electron chi connectivity index (χ0n) is 11.1. The highest BCUT2D eigenvalue weighted by Gasteiger charge is 2.82. The number of allylic oxidation sites excluding steroid dienone is 1. The molecule has 0 aliphatic heterocycles. The summed E-state index contributed by atoms with van der Waals surface area (Å²) in [5.41, 5.74) is -1.63. The number of alkyl halides is 9. The Morgan fingerprint density at radius 1 is 0.762 bits per heavy atom. The van der Waals surface area contributed by atoms with Crippen LogP contribution in [0.5, 0.6) is 0 Å². The quantitative estimate of drug-likeness (QED) is 0.292. The Labute approximate surface area is 116 Å². The monoisotopic (exact) mass is 330 g/mol. The topological polar surface area (TPSA) is 0 Å². The van der Waals surface area contributed by atoms with Gasteiger partial charge in [-0.25, -0.2) is 0 Å². The number of halogens is 9. The SMILES string of the molecule is C=C(CCCCCC)C(F)(F)C(F)(F)C(F)(F)C(F)(F)F. The van der Waals surface area contributed by atoms with Crippen LogP contribution >= 0.6 is 0 Å². The number of rotatable bonds is 8. The molecule has 0 aliphatic carbocycles. The summed E-state index contributed by atoms with van der Waals surface area (Å²) >= 11 is 0. The zero-order chi connectivity index (χ0) is 17.1. The molecular formula is C12H15F9. The van der Waals surface area contributed by atoms with Crippen LogP contribution in [-0.2, 0) is 0 Å². The molecule has 0 heterocycles. The van der Waals surface area contributed by atoms with Crippen molar-refractivity contribution < 1.29 is 39.5 Å². The van der Waals surface area contributed by atoms with Crippen molar-refractivity contribution in [3.8, 4) is 0 Å². The molecule has 0 N–H and O–H groups in total. The van der Waals surface area contributed by atoms with Crippen molar-refractivity contribution in [1.29, 1.82) is 0 Å². The van der Waals surface area contributed by atoms with Gasteiger partial charge >= 0.3 is 23.9 Å². The summed E-state index contributed by atoms with van der Waals surface area (Å²) in [5, 5.41) is 0. The van der Waals surface area contributed by atoms with Gasteiger partial charge in [0.1, 0.15) is 0 Å². The third-order valence-corrected chi connectivity index (χ3v) is 2.92. The molecule has 0 aliphatic rings. The Hall–Kier alpha value is -0.890. The molecule has 0 saturated carbocycles.